The molecule has 1 unspecified atom stereocenters. The molecule has 2 atom stereocenters. The summed E-state index contributed by atoms with van der Waals surface area (Å²) in [7, 11) is 0. The van der Waals surface area contributed by atoms with Gasteiger partial charge in [0.1, 0.15) is 6.54 Å². The monoisotopic (exact) mass is 310 g/mol. The van der Waals surface area contributed by atoms with E-state index in [2.05, 4.69) is 9.84 Å². The molecule has 0 spiro atoms. The molecule has 0 aromatic carbocycles. The van der Waals surface area contributed by atoms with Gasteiger partial charge in [-0.1, -0.05) is 0 Å². The summed E-state index contributed by atoms with van der Waals surface area (Å²) in [6.45, 7) is 1.14. The third kappa shape index (κ3) is 2.01. The summed E-state index contributed by atoms with van der Waals surface area (Å²) in [4.78, 5) is 11.4. The molecule has 1 fully saturated rings. The van der Waals surface area contributed by atoms with Crippen molar-refractivity contribution in [2.45, 2.75) is 37.9 Å². The van der Waals surface area contributed by atoms with Crippen LogP contribution in [0.1, 0.15) is 29.8 Å². The van der Waals surface area contributed by atoms with Gasteiger partial charge in [0.25, 0.3) is 5.92 Å². The highest BCUT2D eigenvalue weighted by Crippen LogP contribution is 2.68. The second-order valence-electron chi connectivity index (χ2n) is 5.13. The molecule has 9 heteroatoms. The van der Waals surface area contributed by atoms with Gasteiger partial charge in [-0.15, -0.1) is 0 Å². The Labute approximate surface area is 115 Å². The highest BCUT2D eigenvalue weighted by molar-refractivity contribution is 5.69. The van der Waals surface area contributed by atoms with E-state index in [1.165, 1.54) is 0 Å². The van der Waals surface area contributed by atoms with Gasteiger partial charge in [-0.2, -0.15) is 18.3 Å². The summed E-state index contributed by atoms with van der Waals surface area (Å²) in [5.41, 5.74) is -1.70. The van der Waals surface area contributed by atoms with E-state index >= 15 is 0 Å². The molecule has 2 aliphatic carbocycles. The average molecular weight is 310 g/mol. The van der Waals surface area contributed by atoms with Crippen LogP contribution in [0.3, 0.4) is 0 Å². The van der Waals surface area contributed by atoms with Crippen LogP contribution in [0.15, 0.2) is 0 Å². The summed E-state index contributed by atoms with van der Waals surface area (Å²) in [5.74, 6) is -6.39. The van der Waals surface area contributed by atoms with Crippen LogP contribution in [0.4, 0.5) is 22.0 Å². The number of rotatable bonds is 3. The molecule has 3 rings (SSSR count). The molecule has 0 bridgehead atoms. The van der Waals surface area contributed by atoms with Crippen molar-refractivity contribution < 1.29 is 31.5 Å². The topological polar surface area (TPSA) is 44.1 Å². The van der Waals surface area contributed by atoms with Crippen LogP contribution in [0.25, 0.3) is 0 Å². The van der Waals surface area contributed by atoms with Crippen LogP contribution in [0.2, 0.25) is 0 Å². The third-order valence-corrected chi connectivity index (χ3v) is 3.88. The predicted molar refractivity (Wildman–Crippen MR) is 58.7 cm³/mol. The summed E-state index contributed by atoms with van der Waals surface area (Å²) in [6, 6.07) is 0. The van der Waals surface area contributed by atoms with Crippen LogP contribution in [0, 0.1) is 5.92 Å². The molecule has 0 aliphatic heterocycles. The van der Waals surface area contributed by atoms with Crippen LogP contribution in [-0.2, 0) is 28.7 Å². The van der Waals surface area contributed by atoms with Crippen molar-refractivity contribution in [3.63, 3.8) is 0 Å². The molecule has 0 radical (unpaired) electrons. The number of alkyl halides is 5. The Morgan fingerprint density at radius 1 is 1.48 bits per heavy atom. The number of hydrogen-bond donors (Lipinski definition) is 0. The summed E-state index contributed by atoms with van der Waals surface area (Å²) >= 11 is 0. The third-order valence-electron chi connectivity index (χ3n) is 3.88. The van der Waals surface area contributed by atoms with E-state index in [4.69, 9.17) is 0 Å². The van der Waals surface area contributed by atoms with Gasteiger partial charge < -0.3 is 4.74 Å². The maximum absolute atomic E-state index is 13.4. The SMILES string of the molecule is CCOC(=O)Cn1nc(C(F)(F)F)c2c1CC1[C@@H]2C1(F)F. The maximum atomic E-state index is 13.4. The molecule has 1 aromatic rings. The Hall–Kier alpha value is -1.67. The Morgan fingerprint density at radius 3 is 2.71 bits per heavy atom. The minimum atomic E-state index is -4.82. The van der Waals surface area contributed by atoms with Gasteiger partial charge in [-0.05, 0) is 13.3 Å². The van der Waals surface area contributed by atoms with Gasteiger partial charge in [0.15, 0.2) is 5.69 Å². The van der Waals surface area contributed by atoms with Crippen molar-refractivity contribution in [3.05, 3.63) is 17.0 Å². The number of aromatic nitrogens is 2. The second kappa shape index (κ2) is 4.17. The zero-order valence-electron chi connectivity index (χ0n) is 10.9. The first-order valence-corrected chi connectivity index (χ1v) is 6.38. The van der Waals surface area contributed by atoms with Crippen molar-refractivity contribution in [1.82, 2.24) is 9.78 Å². The second-order valence-corrected chi connectivity index (χ2v) is 5.13. The lowest BCUT2D eigenvalue weighted by molar-refractivity contribution is -0.146. The maximum Gasteiger partial charge on any atom is 0.435 e. The lowest BCUT2D eigenvalue weighted by atomic mass is 10.1. The Morgan fingerprint density at radius 2 is 2.14 bits per heavy atom. The molecular formula is C12H11F5N2O2. The van der Waals surface area contributed by atoms with E-state index in [1.807, 2.05) is 0 Å². The fourth-order valence-electron chi connectivity index (χ4n) is 2.97. The van der Waals surface area contributed by atoms with E-state index < -0.39 is 47.7 Å². The molecule has 2 aliphatic rings. The highest BCUT2D eigenvalue weighted by Gasteiger charge is 2.74. The molecule has 0 amide bonds. The Bertz CT molecular complexity index is 608. The zero-order chi connectivity index (χ0) is 15.6. The molecule has 116 valence electrons. The fraction of sp³-hybridized carbons (Fsp3) is 0.667. The lowest BCUT2D eigenvalue weighted by Crippen LogP contribution is -2.18. The fourth-order valence-corrected chi connectivity index (χ4v) is 2.97. The average Bonchev–Trinajstić information content (AvgIpc) is 2.69. The number of carbonyl (C=O) groups excluding carboxylic acids is 1. The van der Waals surface area contributed by atoms with Crippen molar-refractivity contribution in [2.24, 2.45) is 5.92 Å². The van der Waals surface area contributed by atoms with Gasteiger partial charge in [-0.25, -0.2) is 8.78 Å². The summed E-state index contributed by atoms with van der Waals surface area (Å²) in [6.07, 6.45) is -5.02. The van der Waals surface area contributed by atoms with E-state index in [9.17, 15) is 26.7 Å². The van der Waals surface area contributed by atoms with Gasteiger partial charge in [0.2, 0.25) is 0 Å². The van der Waals surface area contributed by atoms with Crippen LogP contribution in [-0.4, -0.2) is 28.3 Å². The van der Waals surface area contributed by atoms with Crippen LogP contribution >= 0.6 is 0 Å². The van der Waals surface area contributed by atoms with Gasteiger partial charge in [0.05, 0.1) is 12.5 Å². The van der Waals surface area contributed by atoms with E-state index in [1.54, 1.807) is 6.92 Å². The smallest absolute Gasteiger partial charge is 0.435 e. The quantitative estimate of drug-likeness (QED) is 0.636. The number of nitrogens with zero attached hydrogens (tertiary/aromatic N) is 2. The molecule has 0 N–H and O–H groups in total. The number of ether oxygens (including phenoxy) is 1. The van der Waals surface area contributed by atoms with Gasteiger partial charge in [-0.3, -0.25) is 9.48 Å². The standard InChI is InChI=1S/C12H11F5N2O2/c1-2-21-7(20)4-19-6-3-5-9(11(5,13)14)8(6)10(18-19)12(15,16)17/h5,9H,2-4H2,1H3/t5?,9-/m0/s1. The minimum Gasteiger partial charge on any atom is -0.465 e. The predicted octanol–water partition coefficient (Wildman–Crippen LogP) is 2.37. The van der Waals surface area contributed by atoms with Gasteiger partial charge >= 0.3 is 12.1 Å². The zero-order valence-corrected chi connectivity index (χ0v) is 10.9. The minimum absolute atomic E-state index is 0.0660. The molecular weight excluding hydrogens is 299 g/mol. The van der Waals surface area contributed by atoms with E-state index in [0.717, 1.165) is 4.68 Å². The number of hydrogen-bond acceptors (Lipinski definition) is 3. The molecule has 1 aromatic heterocycles. The largest absolute Gasteiger partial charge is 0.465 e. The summed E-state index contributed by atoms with van der Waals surface area (Å²) < 4.78 is 71.1. The first kappa shape index (κ1) is 14.3. The Balaban J connectivity index is 1.99. The van der Waals surface area contributed by atoms with Crippen molar-refractivity contribution in [3.8, 4) is 0 Å². The lowest BCUT2D eigenvalue weighted by Gasteiger charge is -2.07. The van der Waals surface area contributed by atoms with E-state index in [-0.39, 0.29) is 18.7 Å². The molecule has 21 heavy (non-hydrogen) atoms. The first-order valence-electron chi connectivity index (χ1n) is 6.38. The molecule has 4 nitrogen and oxygen atoms in total. The van der Waals surface area contributed by atoms with Crippen LogP contribution < -0.4 is 0 Å². The molecule has 0 saturated heterocycles. The number of carbonyl (C=O) groups is 1. The van der Waals surface area contributed by atoms with E-state index in [0.29, 0.717) is 0 Å². The van der Waals surface area contributed by atoms with Crippen molar-refractivity contribution >= 4 is 5.97 Å². The van der Waals surface area contributed by atoms with Crippen LogP contribution in [0.5, 0.6) is 0 Å². The van der Waals surface area contributed by atoms with Gasteiger partial charge in [0, 0.05) is 17.2 Å². The molecule has 1 saturated carbocycles. The normalized spacial score (nSPS) is 25.4. The van der Waals surface area contributed by atoms with Crippen molar-refractivity contribution in [1.29, 1.82) is 0 Å². The number of esters is 1. The molecule has 1 heterocycles. The van der Waals surface area contributed by atoms with Crippen molar-refractivity contribution in [2.75, 3.05) is 6.61 Å². The first-order chi connectivity index (χ1) is 9.67. The number of fused-ring (bicyclic) bond motifs is 3. The Kier molecular flexibility index (Phi) is 2.84. The highest BCUT2D eigenvalue weighted by atomic mass is 19.4. The number of halogens is 5. The summed E-state index contributed by atoms with van der Waals surface area (Å²) in [5, 5.41) is 3.33.